The predicted octanol–water partition coefficient (Wildman–Crippen LogP) is 19.8. The first-order chi connectivity index (χ1) is 36.6. The fraction of sp³-hybridized carbons (Fsp3) is 0.382. The second-order valence-electron chi connectivity index (χ2n) is 26.8. The Hall–Kier alpha value is -5.50. The Morgan fingerprint density at radius 2 is 0.974 bits per heavy atom. The van der Waals surface area contributed by atoms with Crippen molar-refractivity contribution in [2.24, 2.45) is 5.92 Å². The molecule has 78 heavy (non-hydrogen) atoms. The molecule has 7 aromatic carbocycles. The fourth-order valence-corrected chi connectivity index (χ4v) is 18.6. The van der Waals surface area contributed by atoms with Crippen LogP contribution in [0.15, 0.2) is 112 Å². The fourth-order valence-electron chi connectivity index (χ4n) is 12.4. The molecule has 10 heteroatoms. The Morgan fingerprint density at radius 3 is 1.40 bits per heavy atom. The maximum atomic E-state index is 7.93. The van der Waals surface area contributed by atoms with Crippen molar-refractivity contribution < 1.29 is 26.7 Å². The van der Waals surface area contributed by atoms with E-state index in [1.165, 1.54) is 66.0 Å². The molecule has 1 aromatic heterocycles. The molecule has 1 fully saturated rings. The Balaban J connectivity index is 1.36. The summed E-state index contributed by atoms with van der Waals surface area (Å²) in [6.07, 6.45) is 3.10. The summed E-state index contributed by atoms with van der Waals surface area (Å²) < 4.78 is 44.1. The van der Waals surface area contributed by atoms with Crippen molar-refractivity contribution in [2.75, 3.05) is 7.11 Å². The van der Waals surface area contributed by atoms with Crippen LogP contribution in [0.4, 0.5) is 0 Å². The molecule has 2 aliphatic heterocycles. The minimum Gasteiger partial charge on any atom is -0.493 e. The minimum atomic E-state index is -2.35. The molecule has 8 aromatic rings. The van der Waals surface area contributed by atoms with Gasteiger partial charge in [-0.1, -0.05) is 177 Å². The summed E-state index contributed by atoms with van der Waals surface area (Å²) >= 11 is 0. The number of methoxy groups -OCH3 is 1. The van der Waals surface area contributed by atoms with Crippen molar-refractivity contribution in [2.45, 2.75) is 158 Å². The van der Waals surface area contributed by atoms with Crippen LogP contribution in [0, 0.1) is 47.5 Å². The second-order valence-corrected chi connectivity index (χ2v) is 39.6. The first kappa shape index (κ1) is 55.8. The van der Waals surface area contributed by atoms with Crippen LogP contribution in [-0.2, 0) is 17.3 Å². The van der Waals surface area contributed by atoms with Crippen LogP contribution in [-0.4, -0.2) is 28.9 Å². The van der Waals surface area contributed by atoms with E-state index >= 15 is 0 Å². The van der Waals surface area contributed by atoms with E-state index in [9.17, 15) is 0 Å². The van der Waals surface area contributed by atoms with Crippen molar-refractivity contribution in [1.82, 2.24) is 0 Å². The molecule has 11 rings (SSSR count). The number of para-hydroxylation sites is 3. The molecule has 0 saturated heterocycles. The van der Waals surface area contributed by atoms with Crippen LogP contribution in [0.25, 0.3) is 55.3 Å². The first-order valence-corrected chi connectivity index (χ1v) is 37.4. The summed E-state index contributed by atoms with van der Waals surface area (Å²) in [6, 6.07) is 38.4. The maximum Gasteiger partial charge on any atom is 0.453 e. The largest absolute Gasteiger partial charge is 0.493 e. The molecule has 1 unspecified atom stereocenters. The van der Waals surface area contributed by atoms with E-state index in [-0.39, 0.29) is 16.5 Å². The standard InChI is InChI=1S/C68H82O6P2Si2/c1-40-29-42(3)60(43(4)30-40)48-36-53(65(58(38-48)77(14,15)16)71-75-50-34-46(35-50)33-47-23-20-28-57(69-13)62(47)70-75)54-37-49(61-44(5)31-41(2)32-45(61)6)39-59(78(17,18)19)66(54)74-76-72-63-51(24-21-26-55(63)67(7,8)9)52-25-22-27-56(64(52)73-76)68(10,11)12/h20-32,36-39,46,50H,33-35H2,1-19H3. The maximum absolute atomic E-state index is 7.93. The molecule has 1 saturated carbocycles. The molecular formula is C68H82O6P2Si2. The molecule has 3 heterocycles. The number of rotatable bonds is 10. The molecule has 0 amide bonds. The van der Waals surface area contributed by atoms with Gasteiger partial charge in [0.25, 0.3) is 8.38 Å². The van der Waals surface area contributed by atoms with Gasteiger partial charge in [-0.2, -0.15) is 0 Å². The zero-order valence-corrected chi connectivity index (χ0v) is 53.7. The Kier molecular flexibility index (Phi) is 14.7. The highest BCUT2D eigenvalue weighted by molar-refractivity contribution is 7.49. The third-order valence-corrected chi connectivity index (χ3v) is 22.8. The van der Waals surface area contributed by atoms with Crippen LogP contribution in [0.1, 0.15) is 104 Å². The third-order valence-electron chi connectivity index (χ3n) is 16.1. The molecule has 6 nitrogen and oxygen atoms in total. The lowest BCUT2D eigenvalue weighted by Gasteiger charge is -2.42. The van der Waals surface area contributed by atoms with E-state index in [4.69, 9.17) is 26.7 Å². The molecule has 2 bridgehead atoms. The summed E-state index contributed by atoms with van der Waals surface area (Å²) in [7, 11) is -6.51. The van der Waals surface area contributed by atoms with Crippen molar-refractivity contribution in [3.63, 3.8) is 0 Å². The minimum absolute atomic E-state index is 0.239. The molecule has 1 aliphatic carbocycles. The lowest BCUT2D eigenvalue weighted by Crippen LogP contribution is -2.40. The summed E-state index contributed by atoms with van der Waals surface area (Å²) in [5.41, 5.74) is 19.0. The van der Waals surface area contributed by atoms with Gasteiger partial charge >= 0.3 is 8.24 Å². The monoisotopic (exact) mass is 1110 g/mol. The van der Waals surface area contributed by atoms with E-state index in [0.29, 0.717) is 5.92 Å². The van der Waals surface area contributed by atoms with Crippen LogP contribution >= 0.6 is 16.6 Å². The second kappa shape index (κ2) is 20.6. The van der Waals surface area contributed by atoms with Crippen LogP contribution in [0.3, 0.4) is 0 Å². The van der Waals surface area contributed by atoms with Gasteiger partial charge in [0.1, 0.15) is 22.7 Å². The lowest BCUT2D eigenvalue weighted by molar-refractivity contribution is 0.281. The predicted molar refractivity (Wildman–Crippen MR) is 338 cm³/mol. The summed E-state index contributed by atoms with van der Waals surface area (Å²) in [6.45, 7) is 41.6. The number of hydrogen-bond acceptors (Lipinski definition) is 6. The van der Waals surface area contributed by atoms with Crippen molar-refractivity contribution in [1.29, 1.82) is 0 Å². The molecular weight excluding hydrogens is 1030 g/mol. The molecule has 0 radical (unpaired) electrons. The van der Waals surface area contributed by atoms with Gasteiger partial charge in [0.2, 0.25) is 0 Å². The average molecular weight is 1110 g/mol. The number of benzene rings is 7. The number of hydrogen-bond donors (Lipinski definition) is 0. The molecule has 1 atom stereocenters. The van der Waals surface area contributed by atoms with Gasteiger partial charge in [-0.05, 0) is 156 Å². The smallest absolute Gasteiger partial charge is 0.453 e. The van der Waals surface area contributed by atoms with Crippen LogP contribution in [0.5, 0.6) is 23.0 Å². The van der Waals surface area contributed by atoms with Gasteiger partial charge in [-0.3, -0.25) is 0 Å². The summed E-state index contributed by atoms with van der Waals surface area (Å²) in [5, 5.41) is 4.44. The van der Waals surface area contributed by atoms with Crippen molar-refractivity contribution in [3.8, 4) is 56.4 Å². The molecule has 3 aliphatic rings. The van der Waals surface area contributed by atoms with E-state index < -0.39 is 32.8 Å². The van der Waals surface area contributed by atoms with Crippen molar-refractivity contribution >= 4 is 65.1 Å². The third kappa shape index (κ3) is 10.7. The summed E-state index contributed by atoms with van der Waals surface area (Å²) in [5.74, 6) is 3.79. The van der Waals surface area contributed by atoms with Gasteiger partial charge in [0, 0.05) is 33.0 Å². The highest BCUT2D eigenvalue weighted by atomic mass is 31.2. The van der Waals surface area contributed by atoms with Crippen LogP contribution in [0.2, 0.25) is 39.3 Å². The molecule has 0 spiro atoms. The molecule has 0 N–H and O–H groups in total. The average Bonchev–Trinajstić information content (AvgIpc) is 3.67. The van der Waals surface area contributed by atoms with E-state index in [1.54, 1.807) is 7.11 Å². The lowest BCUT2D eigenvalue weighted by atomic mass is 9.80. The van der Waals surface area contributed by atoms with Crippen LogP contribution < -0.4 is 28.7 Å². The van der Waals surface area contributed by atoms with Crippen molar-refractivity contribution in [3.05, 3.63) is 153 Å². The Labute approximate surface area is 469 Å². The highest BCUT2D eigenvalue weighted by Crippen LogP contribution is 2.60. The number of aryl methyl sites for hydroxylation is 6. The molecule has 408 valence electrons. The van der Waals surface area contributed by atoms with E-state index in [2.05, 4.69) is 219 Å². The number of fused-ring (bicyclic) bond motifs is 4. The van der Waals surface area contributed by atoms with Gasteiger partial charge in [-0.15, -0.1) is 0 Å². The zero-order chi connectivity index (χ0) is 56.1. The SMILES string of the molecule is COc1cccc2c1OP(Oc1c(-c3cc(-c4c(C)cc(C)cc4C)cc([Si](C)(C)C)c3Op3oc4c(C(C)(C)C)cccc4c4cccc(C(C)(C)C)c4o3)cc(-c3c(C)cc(C)cc3C)cc1[Si](C)(C)C)C1CC(C2)C1. The van der Waals surface area contributed by atoms with Gasteiger partial charge in [-0.25, -0.2) is 0 Å². The topological polar surface area (TPSA) is 63.2 Å². The van der Waals surface area contributed by atoms with E-state index in [1.807, 2.05) is 6.07 Å². The quantitative estimate of drug-likeness (QED) is 0.100. The Morgan fingerprint density at radius 1 is 0.538 bits per heavy atom. The van der Waals surface area contributed by atoms with Gasteiger partial charge in [0.15, 0.2) is 11.5 Å². The number of ether oxygens (including phenoxy) is 1. The first-order valence-electron chi connectivity index (χ1n) is 28.0. The summed E-state index contributed by atoms with van der Waals surface area (Å²) in [4.78, 5) is 0. The van der Waals surface area contributed by atoms with Gasteiger partial charge in [0.05, 0.1) is 28.9 Å². The Bertz CT molecular complexity index is 3590. The normalized spacial score (nSPS) is 16.7. The van der Waals surface area contributed by atoms with E-state index in [0.717, 1.165) is 92.0 Å². The van der Waals surface area contributed by atoms with Gasteiger partial charge < -0.3 is 26.7 Å². The highest BCUT2D eigenvalue weighted by Gasteiger charge is 2.44. The zero-order valence-electron chi connectivity index (χ0n) is 49.9.